The minimum atomic E-state index is -1.15. The van der Waals surface area contributed by atoms with E-state index in [1.807, 2.05) is 43.3 Å². The number of benzene rings is 2. The molecule has 0 aliphatic heterocycles. The normalized spacial score (nSPS) is 11.8. The number of carboxylic acid groups (broad SMARTS) is 1. The zero-order valence-corrected chi connectivity index (χ0v) is 18.4. The van der Waals surface area contributed by atoms with Gasteiger partial charge in [-0.05, 0) is 56.9 Å². The topological polar surface area (TPSA) is 109 Å². The van der Waals surface area contributed by atoms with Gasteiger partial charge in [-0.15, -0.1) is 0 Å². The van der Waals surface area contributed by atoms with Crippen molar-refractivity contribution in [2.45, 2.75) is 46.1 Å². The maximum absolute atomic E-state index is 12.7. The molecule has 2 aromatic carbocycles. The molecule has 0 aliphatic carbocycles. The van der Waals surface area contributed by atoms with Crippen LogP contribution in [0.2, 0.25) is 0 Å². The standard InChI is InChI=1S/C25H27NO6/c1-15-19-11-12-21(31-17(3)24(29)26-13-7-10-22(27)28)16(2)23(19)32-25(30)20(15)14-18-8-5-4-6-9-18/h4-6,8-9,11-12,17H,7,10,13-14H2,1-3H3,(H,26,29)(H,27,28)/p-1/t17-/m1/s1. The predicted octanol–water partition coefficient (Wildman–Crippen LogP) is 2.41. The Morgan fingerprint density at radius 2 is 1.81 bits per heavy atom. The Hall–Kier alpha value is -3.61. The van der Waals surface area contributed by atoms with E-state index in [1.54, 1.807) is 19.9 Å². The van der Waals surface area contributed by atoms with E-state index in [0.717, 1.165) is 16.5 Å². The Morgan fingerprint density at radius 3 is 2.50 bits per heavy atom. The molecule has 0 spiro atoms. The van der Waals surface area contributed by atoms with Gasteiger partial charge in [-0.2, -0.15) is 0 Å². The maximum Gasteiger partial charge on any atom is 0.340 e. The third kappa shape index (κ3) is 5.35. The van der Waals surface area contributed by atoms with Gasteiger partial charge in [-0.25, -0.2) is 4.79 Å². The van der Waals surface area contributed by atoms with Crippen LogP contribution in [0, 0.1) is 13.8 Å². The summed E-state index contributed by atoms with van der Waals surface area (Å²) in [5.74, 6) is -1.08. The predicted molar refractivity (Wildman–Crippen MR) is 119 cm³/mol. The van der Waals surface area contributed by atoms with Crippen LogP contribution in [-0.2, 0) is 16.0 Å². The SMILES string of the molecule is Cc1c(Cc2ccccc2)c(=O)oc2c(C)c(O[C@H](C)C(=O)NCCCC(=O)[O-])ccc12. The summed E-state index contributed by atoms with van der Waals surface area (Å²) in [6, 6.07) is 13.3. The number of hydrogen-bond acceptors (Lipinski definition) is 6. The van der Waals surface area contributed by atoms with Crippen molar-refractivity contribution in [3.63, 3.8) is 0 Å². The first kappa shape index (κ1) is 23.1. The van der Waals surface area contributed by atoms with E-state index in [0.29, 0.717) is 28.9 Å². The number of amides is 1. The Kier molecular flexibility index (Phi) is 7.30. The van der Waals surface area contributed by atoms with E-state index < -0.39 is 17.7 Å². The fourth-order valence-corrected chi connectivity index (χ4v) is 3.53. The fraction of sp³-hybridized carbons (Fsp3) is 0.320. The van der Waals surface area contributed by atoms with Crippen molar-refractivity contribution in [2.24, 2.45) is 0 Å². The minimum absolute atomic E-state index is 0.121. The molecule has 7 nitrogen and oxygen atoms in total. The van der Waals surface area contributed by atoms with Gasteiger partial charge in [0.25, 0.3) is 5.91 Å². The molecule has 0 unspecified atom stereocenters. The van der Waals surface area contributed by atoms with E-state index in [-0.39, 0.29) is 25.3 Å². The average Bonchev–Trinajstić information content (AvgIpc) is 2.77. The number of aryl methyl sites for hydroxylation is 2. The Morgan fingerprint density at radius 1 is 1.09 bits per heavy atom. The van der Waals surface area contributed by atoms with Crippen LogP contribution in [0.3, 0.4) is 0 Å². The van der Waals surface area contributed by atoms with Crippen molar-refractivity contribution in [3.05, 3.63) is 75.1 Å². The lowest BCUT2D eigenvalue weighted by molar-refractivity contribution is -0.305. The smallest absolute Gasteiger partial charge is 0.340 e. The van der Waals surface area contributed by atoms with Gasteiger partial charge in [0.1, 0.15) is 11.3 Å². The number of ether oxygens (including phenoxy) is 1. The summed E-state index contributed by atoms with van der Waals surface area (Å²) in [4.78, 5) is 35.4. The highest BCUT2D eigenvalue weighted by atomic mass is 16.5. The molecular weight excluding hydrogens is 410 g/mol. The lowest BCUT2D eigenvalue weighted by Gasteiger charge is -2.17. The molecule has 32 heavy (non-hydrogen) atoms. The monoisotopic (exact) mass is 436 g/mol. The van der Waals surface area contributed by atoms with Crippen LogP contribution >= 0.6 is 0 Å². The zero-order chi connectivity index (χ0) is 23.3. The first-order valence-electron chi connectivity index (χ1n) is 10.5. The van der Waals surface area contributed by atoms with Crippen LogP contribution in [0.15, 0.2) is 51.7 Å². The Bertz CT molecular complexity index is 1180. The van der Waals surface area contributed by atoms with Crippen LogP contribution < -0.4 is 20.8 Å². The number of carbonyl (C=O) groups excluding carboxylic acids is 2. The van der Waals surface area contributed by atoms with Crippen molar-refractivity contribution in [1.82, 2.24) is 5.32 Å². The van der Waals surface area contributed by atoms with Crippen molar-refractivity contribution in [1.29, 1.82) is 0 Å². The summed E-state index contributed by atoms with van der Waals surface area (Å²) in [5, 5.41) is 13.9. The number of nitrogens with one attached hydrogen (secondary N) is 1. The van der Waals surface area contributed by atoms with Gasteiger partial charge in [0.15, 0.2) is 6.10 Å². The van der Waals surface area contributed by atoms with Crippen LogP contribution in [0.5, 0.6) is 5.75 Å². The van der Waals surface area contributed by atoms with Crippen LogP contribution in [0.25, 0.3) is 11.0 Å². The number of aliphatic carboxylic acids is 1. The lowest BCUT2D eigenvalue weighted by atomic mass is 9.98. The molecule has 1 atom stereocenters. The molecule has 1 N–H and O–H groups in total. The quantitative estimate of drug-likeness (QED) is 0.408. The molecule has 1 heterocycles. The largest absolute Gasteiger partial charge is 0.550 e. The van der Waals surface area contributed by atoms with E-state index in [1.165, 1.54) is 0 Å². The van der Waals surface area contributed by atoms with Gasteiger partial charge < -0.3 is 24.4 Å². The molecule has 168 valence electrons. The Labute approximate surface area is 186 Å². The van der Waals surface area contributed by atoms with E-state index in [4.69, 9.17) is 9.15 Å². The van der Waals surface area contributed by atoms with Crippen molar-refractivity contribution in [2.75, 3.05) is 6.54 Å². The number of carbonyl (C=O) groups is 2. The molecule has 0 radical (unpaired) electrons. The maximum atomic E-state index is 12.7. The van der Waals surface area contributed by atoms with Crippen LogP contribution in [0.4, 0.5) is 0 Å². The summed E-state index contributed by atoms with van der Waals surface area (Å²) in [6.07, 6.45) is -0.161. The lowest BCUT2D eigenvalue weighted by Crippen LogP contribution is -2.37. The van der Waals surface area contributed by atoms with Crippen LogP contribution in [-0.4, -0.2) is 24.5 Å². The third-order valence-corrected chi connectivity index (χ3v) is 5.41. The molecule has 0 aliphatic rings. The summed E-state index contributed by atoms with van der Waals surface area (Å²) in [5.41, 5.74) is 3.17. The number of carboxylic acids is 1. The first-order valence-corrected chi connectivity index (χ1v) is 10.5. The van der Waals surface area contributed by atoms with E-state index in [9.17, 15) is 19.5 Å². The van der Waals surface area contributed by atoms with Gasteiger partial charge in [0, 0.05) is 35.4 Å². The highest BCUT2D eigenvalue weighted by Crippen LogP contribution is 2.30. The molecule has 0 bridgehead atoms. The molecule has 7 heteroatoms. The van der Waals surface area contributed by atoms with Crippen molar-refractivity contribution < 1.29 is 23.8 Å². The van der Waals surface area contributed by atoms with Gasteiger partial charge in [0.2, 0.25) is 0 Å². The molecule has 0 saturated heterocycles. The second-order valence-electron chi connectivity index (χ2n) is 7.75. The molecule has 1 aromatic heterocycles. The average molecular weight is 436 g/mol. The number of fused-ring (bicyclic) bond motifs is 1. The molecule has 1 amide bonds. The summed E-state index contributed by atoms with van der Waals surface area (Å²) < 4.78 is 11.5. The molecule has 3 aromatic rings. The molecular formula is C25H26NO6-. The minimum Gasteiger partial charge on any atom is -0.550 e. The van der Waals surface area contributed by atoms with Crippen molar-refractivity contribution >= 4 is 22.8 Å². The first-order chi connectivity index (χ1) is 15.3. The van der Waals surface area contributed by atoms with Gasteiger partial charge in [-0.3, -0.25) is 4.79 Å². The molecule has 3 rings (SSSR count). The summed E-state index contributed by atoms with van der Waals surface area (Å²) in [7, 11) is 0. The zero-order valence-electron chi connectivity index (χ0n) is 18.4. The Balaban J connectivity index is 1.79. The van der Waals surface area contributed by atoms with Gasteiger partial charge in [-0.1, -0.05) is 30.3 Å². The van der Waals surface area contributed by atoms with E-state index in [2.05, 4.69) is 5.32 Å². The summed E-state index contributed by atoms with van der Waals surface area (Å²) in [6.45, 7) is 5.50. The highest BCUT2D eigenvalue weighted by Gasteiger charge is 2.19. The van der Waals surface area contributed by atoms with Crippen LogP contribution in [0.1, 0.15) is 42.0 Å². The van der Waals surface area contributed by atoms with Gasteiger partial charge in [0.05, 0.1) is 0 Å². The third-order valence-electron chi connectivity index (χ3n) is 5.41. The molecule has 0 saturated carbocycles. The summed E-state index contributed by atoms with van der Waals surface area (Å²) >= 11 is 0. The fourth-order valence-electron chi connectivity index (χ4n) is 3.53. The van der Waals surface area contributed by atoms with Gasteiger partial charge >= 0.3 is 5.63 Å². The second kappa shape index (κ2) is 10.1. The van der Waals surface area contributed by atoms with Crippen molar-refractivity contribution in [3.8, 4) is 5.75 Å². The second-order valence-corrected chi connectivity index (χ2v) is 7.75. The molecule has 0 fully saturated rings. The number of rotatable bonds is 9. The highest BCUT2D eigenvalue weighted by molar-refractivity contribution is 5.86. The number of hydrogen-bond donors (Lipinski definition) is 1. The van der Waals surface area contributed by atoms with E-state index >= 15 is 0 Å².